The maximum atomic E-state index is 13.7. The lowest BCUT2D eigenvalue weighted by atomic mass is 10.1. The topological polar surface area (TPSA) is 57.5 Å². The zero-order valence-electron chi connectivity index (χ0n) is 11.4. The maximum Gasteiger partial charge on any atom is 0.399 e. The van der Waals surface area contributed by atoms with E-state index in [1.165, 1.54) is 23.9 Å². The van der Waals surface area contributed by atoms with Gasteiger partial charge in [-0.3, -0.25) is 4.57 Å². The van der Waals surface area contributed by atoms with E-state index >= 15 is 0 Å². The van der Waals surface area contributed by atoms with Crippen LogP contribution in [0, 0.1) is 0 Å². The number of rotatable bonds is 5. The third-order valence-electron chi connectivity index (χ3n) is 2.92. The summed E-state index contributed by atoms with van der Waals surface area (Å²) < 4.78 is 39.4. The number of hydrogen-bond donors (Lipinski definition) is 2. The molecule has 0 aliphatic heterocycles. The summed E-state index contributed by atoms with van der Waals surface area (Å²) in [5, 5.41) is 0. The maximum absolute atomic E-state index is 13.7. The van der Waals surface area contributed by atoms with Gasteiger partial charge >= 0.3 is 13.3 Å². The smallest absolute Gasteiger partial charge is 0.320 e. The molecule has 3 nitrogen and oxygen atoms in total. The molecule has 0 heterocycles. The normalized spacial score (nSPS) is 12.4. The Hall–Kier alpha value is -0.240. The van der Waals surface area contributed by atoms with E-state index in [9.17, 15) is 13.3 Å². The Morgan fingerprint density at radius 1 is 1.13 bits per heavy atom. The van der Waals surface area contributed by atoms with Gasteiger partial charge in [0.05, 0.1) is 0 Å². The molecule has 2 aromatic rings. The number of thioether (sulfide) groups is 1. The minimum Gasteiger partial charge on any atom is -0.320 e. The molecule has 9 heteroatoms. The van der Waals surface area contributed by atoms with Crippen LogP contribution in [-0.2, 0) is 16.0 Å². The fraction of sp³-hybridized carbons (Fsp3) is 0.143. The highest BCUT2D eigenvalue weighted by Gasteiger charge is 2.51. The predicted octanol–water partition coefficient (Wildman–Crippen LogP) is 5.73. The summed E-state index contributed by atoms with van der Waals surface area (Å²) >= 11 is 7.87. The summed E-state index contributed by atoms with van der Waals surface area (Å²) in [6.07, 6.45) is 0. The summed E-state index contributed by atoms with van der Waals surface area (Å²) in [4.78, 5) is 18.6. The van der Waals surface area contributed by atoms with Crippen molar-refractivity contribution in [1.82, 2.24) is 0 Å². The van der Waals surface area contributed by atoms with Crippen LogP contribution in [0.1, 0.15) is 11.1 Å². The van der Waals surface area contributed by atoms with Gasteiger partial charge in [0, 0.05) is 25.2 Å². The molecule has 2 N–H and O–H groups in total. The molecule has 0 saturated heterocycles. The molecule has 2 rings (SSSR count). The van der Waals surface area contributed by atoms with Crippen LogP contribution in [0.15, 0.2) is 56.3 Å². The largest absolute Gasteiger partial charge is 0.399 e. The SMILES string of the molecule is O=P(O)(O)C(F)(F)c1ccc(CSc2cccc(Br)c2)cc1Br. The minimum atomic E-state index is -5.58. The molecule has 0 radical (unpaired) electrons. The van der Waals surface area contributed by atoms with E-state index in [0.717, 1.165) is 21.0 Å². The molecule has 23 heavy (non-hydrogen) atoms. The summed E-state index contributed by atoms with van der Waals surface area (Å²) in [7, 11) is -5.58. The van der Waals surface area contributed by atoms with E-state index in [2.05, 4.69) is 31.9 Å². The van der Waals surface area contributed by atoms with Gasteiger partial charge in [0.2, 0.25) is 0 Å². The second-order valence-electron chi connectivity index (χ2n) is 4.65. The van der Waals surface area contributed by atoms with Gasteiger partial charge in [-0.1, -0.05) is 50.1 Å². The van der Waals surface area contributed by atoms with Crippen molar-refractivity contribution in [2.45, 2.75) is 16.3 Å². The number of benzene rings is 2. The fourth-order valence-electron chi connectivity index (χ4n) is 1.77. The molecule has 0 aromatic heterocycles. The average molecular weight is 488 g/mol. The zero-order valence-corrected chi connectivity index (χ0v) is 16.3. The molecule has 0 amide bonds. The van der Waals surface area contributed by atoms with Gasteiger partial charge in [0.1, 0.15) is 0 Å². The fourth-order valence-corrected chi connectivity index (χ4v) is 4.56. The van der Waals surface area contributed by atoms with E-state index in [4.69, 9.17) is 9.79 Å². The molecular weight excluding hydrogens is 477 g/mol. The van der Waals surface area contributed by atoms with Crippen LogP contribution >= 0.6 is 51.2 Å². The summed E-state index contributed by atoms with van der Waals surface area (Å²) in [5.41, 5.74) is -4.18. The van der Waals surface area contributed by atoms with Crippen LogP contribution < -0.4 is 0 Å². The van der Waals surface area contributed by atoms with Crippen LogP contribution in [0.2, 0.25) is 0 Å². The lowest BCUT2D eigenvalue weighted by molar-refractivity contribution is 0.0557. The molecule has 0 atom stereocenters. The highest BCUT2D eigenvalue weighted by atomic mass is 79.9. The number of halogens is 4. The Morgan fingerprint density at radius 2 is 1.83 bits per heavy atom. The van der Waals surface area contributed by atoms with Crippen LogP contribution in [-0.4, -0.2) is 9.79 Å². The monoisotopic (exact) mass is 486 g/mol. The Labute approximate surface area is 152 Å². The molecule has 0 unspecified atom stereocenters. The lowest BCUT2D eigenvalue weighted by Gasteiger charge is -2.19. The molecule has 0 aliphatic carbocycles. The van der Waals surface area contributed by atoms with E-state index in [-0.39, 0.29) is 4.47 Å². The molecule has 0 spiro atoms. The molecule has 0 fully saturated rings. The zero-order chi connectivity index (χ0) is 17.3. The van der Waals surface area contributed by atoms with Gasteiger partial charge in [-0.15, -0.1) is 11.8 Å². The second-order valence-corrected chi connectivity index (χ2v) is 9.11. The van der Waals surface area contributed by atoms with Gasteiger partial charge in [-0.05, 0) is 29.8 Å². The summed E-state index contributed by atoms with van der Waals surface area (Å²) in [6, 6.07) is 11.6. The Morgan fingerprint density at radius 3 is 2.39 bits per heavy atom. The summed E-state index contributed by atoms with van der Waals surface area (Å²) in [5.74, 6) is 0.539. The van der Waals surface area contributed by atoms with Gasteiger partial charge in [0.25, 0.3) is 0 Å². The summed E-state index contributed by atoms with van der Waals surface area (Å²) in [6.45, 7) is 0. The van der Waals surface area contributed by atoms with Gasteiger partial charge in [-0.2, -0.15) is 8.78 Å². The van der Waals surface area contributed by atoms with Gasteiger partial charge < -0.3 is 9.79 Å². The van der Waals surface area contributed by atoms with Gasteiger partial charge in [0.15, 0.2) is 0 Å². The molecule has 0 bridgehead atoms. The van der Waals surface area contributed by atoms with Crippen molar-refractivity contribution in [3.63, 3.8) is 0 Å². The molecule has 124 valence electrons. The average Bonchev–Trinajstić information content (AvgIpc) is 2.44. The van der Waals surface area contributed by atoms with Crippen molar-refractivity contribution in [1.29, 1.82) is 0 Å². The highest BCUT2D eigenvalue weighted by molar-refractivity contribution is 9.10. The molecular formula is C14H11Br2F2O3PS. The Kier molecular flexibility index (Phi) is 6.09. The van der Waals surface area contributed by atoms with Crippen molar-refractivity contribution < 1.29 is 23.1 Å². The van der Waals surface area contributed by atoms with Crippen molar-refractivity contribution in [3.8, 4) is 0 Å². The predicted molar refractivity (Wildman–Crippen MR) is 93.8 cm³/mol. The van der Waals surface area contributed by atoms with Crippen molar-refractivity contribution in [2.75, 3.05) is 0 Å². The van der Waals surface area contributed by atoms with Crippen molar-refractivity contribution in [3.05, 3.63) is 62.5 Å². The minimum absolute atomic E-state index is 0.0295. The van der Waals surface area contributed by atoms with E-state index in [1.54, 1.807) is 0 Å². The number of hydrogen-bond acceptors (Lipinski definition) is 2. The van der Waals surface area contributed by atoms with Crippen LogP contribution in [0.3, 0.4) is 0 Å². The van der Waals surface area contributed by atoms with E-state index in [0.29, 0.717) is 5.75 Å². The van der Waals surface area contributed by atoms with Crippen LogP contribution in [0.5, 0.6) is 0 Å². The molecule has 0 aliphatic rings. The van der Waals surface area contributed by atoms with E-state index in [1.807, 2.05) is 24.3 Å². The first-order chi connectivity index (χ1) is 10.6. The van der Waals surface area contributed by atoms with Crippen LogP contribution in [0.4, 0.5) is 8.78 Å². The number of alkyl halides is 2. The second kappa shape index (κ2) is 7.33. The third-order valence-corrected chi connectivity index (χ3v) is 6.11. The Balaban J connectivity index is 2.18. The van der Waals surface area contributed by atoms with Crippen molar-refractivity contribution >= 4 is 51.2 Å². The third kappa shape index (κ3) is 4.65. The standard InChI is InChI=1S/C14H11Br2F2O3PS/c15-10-2-1-3-11(7-10)23-8-9-4-5-12(13(16)6-9)14(17,18)22(19,20)21/h1-7H,8H2,(H2,19,20,21). The Bertz CT molecular complexity index is 767. The van der Waals surface area contributed by atoms with Gasteiger partial charge in [-0.25, -0.2) is 0 Å². The highest BCUT2D eigenvalue weighted by Crippen LogP contribution is 2.60. The molecule has 2 aromatic carbocycles. The van der Waals surface area contributed by atoms with E-state index < -0.39 is 18.8 Å². The van der Waals surface area contributed by atoms with Crippen molar-refractivity contribution in [2.24, 2.45) is 0 Å². The first kappa shape index (κ1) is 19.1. The molecule has 0 saturated carbocycles. The van der Waals surface area contributed by atoms with Crippen LogP contribution in [0.25, 0.3) is 0 Å². The lowest BCUT2D eigenvalue weighted by Crippen LogP contribution is -2.14. The first-order valence-electron chi connectivity index (χ1n) is 6.22. The first-order valence-corrected chi connectivity index (χ1v) is 10.4. The quantitative estimate of drug-likeness (QED) is 0.417.